The number of allylic oxidation sites excluding steroid dienone is 2. The van der Waals surface area contributed by atoms with Gasteiger partial charge < -0.3 is 4.79 Å². The predicted octanol–water partition coefficient (Wildman–Crippen LogP) is 3.35. The Morgan fingerprint density at radius 1 is 1.38 bits per heavy atom. The lowest BCUT2D eigenvalue weighted by Crippen LogP contribution is -2.14. The number of carbonyl (C=O) groups is 1. The quantitative estimate of drug-likeness (QED) is 0.479. The number of rotatable bonds is 4. The highest BCUT2D eigenvalue weighted by Crippen LogP contribution is 2.32. The molecule has 0 amide bonds. The van der Waals surface area contributed by atoms with Crippen LogP contribution in [0.4, 0.5) is 0 Å². The Morgan fingerprint density at radius 3 is 2.92 bits per heavy atom. The van der Waals surface area contributed by atoms with Crippen LogP contribution in [-0.2, 0) is 4.79 Å². The summed E-state index contributed by atoms with van der Waals surface area (Å²) in [6.07, 6.45) is 12.7. The summed E-state index contributed by atoms with van der Waals surface area (Å²) in [5.74, 6) is 1.59. The van der Waals surface area contributed by atoms with Crippen LogP contribution in [0.1, 0.15) is 45.4 Å². The van der Waals surface area contributed by atoms with Gasteiger partial charge in [0.15, 0.2) is 0 Å². The Morgan fingerprint density at radius 2 is 2.23 bits per heavy atom. The highest BCUT2D eigenvalue weighted by molar-refractivity contribution is 5.49. The molecule has 2 unspecified atom stereocenters. The van der Waals surface area contributed by atoms with Gasteiger partial charge >= 0.3 is 0 Å². The topological polar surface area (TPSA) is 17.1 Å². The SMILES string of the molecule is C/C=C/C1CCCC(CCC=O)C1. The van der Waals surface area contributed by atoms with E-state index >= 15 is 0 Å². The zero-order chi connectivity index (χ0) is 9.52. The lowest BCUT2D eigenvalue weighted by molar-refractivity contribution is -0.108. The molecule has 0 N–H and O–H groups in total. The Hall–Kier alpha value is -0.590. The van der Waals surface area contributed by atoms with Crippen molar-refractivity contribution < 1.29 is 4.79 Å². The van der Waals surface area contributed by atoms with Gasteiger partial charge in [0.1, 0.15) is 6.29 Å². The molecule has 2 atom stereocenters. The van der Waals surface area contributed by atoms with Gasteiger partial charge in [0, 0.05) is 6.42 Å². The first-order valence-electron chi connectivity index (χ1n) is 5.43. The fourth-order valence-electron chi connectivity index (χ4n) is 2.35. The van der Waals surface area contributed by atoms with Crippen LogP contribution in [0, 0.1) is 11.8 Å². The van der Waals surface area contributed by atoms with Gasteiger partial charge in [-0.05, 0) is 38.0 Å². The number of carbonyl (C=O) groups excluding carboxylic acids is 1. The molecule has 1 heteroatoms. The molecule has 0 bridgehead atoms. The summed E-state index contributed by atoms with van der Waals surface area (Å²) in [6.45, 7) is 2.09. The molecule has 0 aromatic carbocycles. The van der Waals surface area contributed by atoms with Gasteiger partial charge in [-0.25, -0.2) is 0 Å². The highest BCUT2D eigenvalue weighted by atomic mass is 16.1. The molecule has 0 radical (unpaired) electrons. The summed E-state index contributed by atoms with van der Waals surface area (Å²) in [5, 5.41) is 0. The summed E-state index contributed by atoms with van der Waals surface area (Å²) >= 11 is 0. The van der Waals surface area contributed by atoms with Crippen molar-refractivity contribution in [2.45, 2.75) is 45.4 Å². The molecular weight excluding hydrogens is 160 g/mol. The summed E-state index contributed by atoms with van der Waals surface area (Å²) in [6, 6.07) is 0. The number of hydrogen-bond donors (Lipinski definition) is 0. The van der Waals surface area contributed by atoms with E-state index in [2.05, 4.69) is 19.1 Å². The lowest BCUT2D eigenvalue weighted by atomic mass is 9.79. The van der Waals surface area contributed by atoms with Crippen LogP contribution in [-0.4, -0.2) is 6.29 Å². The molecule has 1 aliphatic carbocycles. The van der Waals surface area contributed by atoms with Crippen LogP contribution in [0.3, 0.4) is 0 Å². The van der Waals surface area contributed by atoms with E-state index < -0.39 is 0 Å². The van der Waals surface area contributed by atoms with E-state index in [0.717, 1.165) is 31.0 Å². The molecule has 0 saturated heterocycles. The zero-order valence-electron chi connectivity index (χ0n) is 8.54. The first kappa shape index (κ1) is 10.5. The smallest absolute Gasteiger partial charge is 0.120 e. The third-order valence-electron chi connectivity index (χ3n) is 2.98. The molecule has 1 nitrogen and oxygen atoms in total. The molecule has 0 spiro atoms. The maximum atomic E-state index is 10.2. The van der Waals surface area contributed by atoms with Gasteiger partial charge in [0.05, 0.1) is 0 Å². The molecular formula is C12H20O. The van der Waals surface area contributed by atoms with Crippen molar-refractivity contribution in [2.24, 2.45) is 11.8 Å². The third kappa shape index (κ3) is 3.75. The van der Waals surface area contributed by atoms with E-state index in [1.807, 2.05) is 0 Å². The van der Waals surface area contributed by atoms with Gasteiger partial charge in [-0.15, -0.1) is 0 Å². The van der Waals surface area contributed by atoms with E-state index in [1.54, 1.807) is 0 Å². The van der Waals surface area contributed by atoms with E-state index in [4.69, 9.17) is 0 Å². The van der Waals surface area contributed by atoms with Crippen molar-refractivity contribution in [3.63, 3.8) is 0 Å². The minimum atomic E-state index is 0.757. The predicted molar refractivity (Wildman–Crippen MR) is 55.6 cm³/mol. The zero-order valence-corrected chi connectivity index (χ0v) is 8.54. The van der Waals surface area contributed by atoms with Crippen LogP contribution in [0.15, 0.2) is 12.2 Å². The summed E-state index contributed by atoms with van der Waals surface area (Å²) < 4.78 is 0. The van der Waals surface area contributed by atoms with Crippen molar-refractivity contribution in [3.05, 3.63) is 12.2 Å². The highest BCUT2D eigenvalue weighted by Gasteiger charge is 2.19. The van der Waals surface area contributed by atoms with Crippen molar-refractivity contribution >= 4 is 6.29 Å². The summed E-state index contributed by atoms with van der Waals surface area (Å²) in [4.78, 5) is 10.2. The van der Waals surface area contributed by atoms with Gasteiger partial charge in [0.2, 0.25) is 0 Å². The first-order valence-corrected chi connectivity index (χ1v) is 5.43. The normalized spacial score (nSPS) is 29.3. The van der Waals surface area contributed by atoms with E-state index in [0.29, 0.717) is 0 Å². The second-order valence-corrected chi connectivity index (χ2v) is 4.06. The molecule has 74 valence electrons. The van der Waals surface area contributed by atoms with Gasteiger partial charge in [-0.3, -0.25) is 0 Å². The van der Waals surface area contributed by atoms with Crippen molar-refractivity contribution in [2.75, 3.05) is 0 Å². The Kier molecular flexibility index (Phi) is 4.81. The van der Waals surface area contributed by atoms with Crippen LogP contribution in [0.25, 0.3) is 0 Å². The molecule has 1 saturated carbocycles. The molecule has 1 fully saturated rings. The average molecular weight is 180 g/mol. The molecule has 1 aliphatic rings. The van der Waals surface area contributed by atoms with E-state index in [1.165, 1.54) is 25.7 Å². The fourth-order valence-corrected chi connectivity index (χ4v) is 2.35. The standard InChI is InChI=1S/C12H20O/c1-2-5-11-6-3-7-12(10-11)8-4-9-13/h2,5,9,11-12H,3-4,6-8,10H2,1H3/b5-2+. The number of hydrogen-bond acceptors (Lipinski definition) is 1. The van der Waals surface area contributed by atoms with E-state index in [9.17, 15) is 4.79 Å². The third-order valence-corrected chi connectivity index (χ3v) is 2.98. The number of aldehydes is 1. The van der Waals surface area contributed by atoms with Gasteiger partial charge in [-0.1, -0.05) is 25.0 Å². The molecule has 0 aliphatic heterocycles. The molecule has 0 aromatic heterocycles. The van der Waals surface area contributed by atoms with Crippen molar-refractivity contribution in [1.82, 2.24) is 0 Å². The Bertz CT molecular complexity index is 172. The van der Waals surface area contributed by atoms with E-state index in [-0.39, 0.29) is 0 Å². The minimum absolute atomic E-state index is 0.757. The second kappa shape index (κ2) is 5.95. The van der Waals surface area contributed by atoms with Crippen molar-refractivity contribution in [3.8, 4) is 0 Å². The average Bonchev–Trinajstić information content (AvgIpc) is 2.16. The fraction of sp³-hybridized carbons (Fsp3) is 0.750. The minimum Gasteiger partial charge on any atom is -0.303 e. The monoisotopic (exact) mass is 180 g/mol. The van der Waals surface area contributed by atoms with Crippen LogP contribution in [0.5, 0.6) is 0 Å². The maximum Gasteiger partial charge on any atom is 0.120 e. The Balaban J connectivity index is 2.28. The van der Waals surface area contributed by atoms with Gasteiger partial charge in [-0.2, -0.15) is 0 Å². The largest absolute Gasteiger partial charge is 0.303 e. The van der Waals surface area contributed by atoms with Crippen LogP contribution < -0.4 is 0 Å². The van der Waals surface area contributed by atoms with Crippen LogP contribution in [0.2, 0.25) is 0 Å². The van der Waals surface area contributed by atoms with Crippen LogP contribution >= 0.6 is 0 Å². The Labute approximate surface area is 81.2 Å². The lowest BCUT2D eigenvalue weighted by Gasteiger charge is -2.26. The molecule has 0 aromatic rings. The molecule has 1 rings (SSSR count). The summed E-state index contributed by atoms with van der Waals surface area (Å²) in [7, 11) is 0. The van der Waals surface area contributed by atoms with Gasteiger partial charge in [0.25, 0.3) is 0 Å². The molecule has 0 heterocycles. The maximum absolute atomic E-state index is 10.2. The van der Waals surface area contributed by atoms with Crippen molar-refractivity contribution in [1.29, 1.82) is 0 Å². The molecule has 13 heavy (non-hydrogen) atoms. The second-order valence-electron chi connectivity index (χ2n) is 4.06. The first-order chi connectivity index (χ1) is 6.36. The summed E-state index contributed by atoms with van der Waals surface area (Å²) in [5.41, 5.74) is 0.